The Hall–Kier alpha value is -2.19. The molecule has 1 aromatic heterocycles. The Morgan fingerprint density at radius 2 is 2.04 bits per heavy atom. The van der Waals surface area contributed by atoms with Crippen LogP contribution in [-0.4, -0.2) is 63.3 Å². The first kappa shape index (κ1) is 20.5. The van der Waals surface area contributed by atoms with Crippen LogP contribution in [0.25, 0.3) is 0 Å². The molecule has 2 amide bonds. The third kappa shape index (κ3) is 4.62. The molecule has 3 heterocycles. The van der Waals surface area contributed by atoms with Crippen LogP contribution >= 0.6 is 0 Å². The van der Waals surface area contributed by atoms with E-state index in [1.165, 1.54) is 10.6 Å². The number of piperidine rings is 1. The maximum absolute atomic E-state index is 12.3. The zero-order valence-electron chi connectivity index (χ0n) is 16.5. The fourth-order valence-corrected chi connectivity index (χ4v) is 4.15. The van der Waals surface area contributed by atoms with Crippen molar-refractivity contribution in [1.82, 2.24) is 14.8 Å². The molecule has 0 saturated carbocycles. The summed E-state index contributed by atoms with van der Waals surface area (Å²) in [6.45, 7) is 5.03. The highest BCUT2D eigenvalue weighted by Gasteiger charge is 2.49. The van der Waals surface area contributed by atoms with E-state index in [1.807, 2.05) is 0 Å². The van der Waals surface area contributed by atoms with Crippen LogP contribution in [0, 0.1) is 0 Å². The molecule has 8 heteroatoms. The van der Waals surface area contributed by atoms with Crippen LogP contribution < -0.4 is 10.9 Å². The van der Waals surface area contributed by atoms with E-state index in [2.05, 4.69) is 5.32 Å². The minimum Gasteiger partial charge on any atom is -0.388 e. The van der Waals surface area contributed by atoms with Crippen molar-refractivity contribution in [3.05, 3.63) is 34.7 Å². The van der Waals surface area contributed by atoms with Crippen LogP contribution in [0.1, 0.15) is 39.5 Å². The molecule has 0 aliphatic carbocycles. The van der Waals surface area contributed by atoms with Crippen molar-refractivity contribution in [1.29, 1.82) is 0 Å². The van der Waals surface area contributed by atoms with E-state index in [9.17, 15) is 19.5 Å². The van der Waals surface area contributed by atoms with Crippen molar-refractivity contribution in [2.24, 2.45) is 0 Å². The molecule has 8 nitrogen and oxygen atoms in total. The predicted molar refractivity (Wildman–Crippen MR) is 103 cm³/mol. The highest BCUT2D eigenvalue weighted by Crippen LogP contribution is 2.39. The number of carbonyl (C=O) groups excluding carboxylic acids is 2. The Morgan fingerprint density at radius 3 is 2.64 bits per heavy atom. The van der Waals surface area contributed by atoms with Crippen LogP contribution in [-0.2, 0) is 20.9 Å². The van der Waals surface area contributed by atoms with E-state index in [0.29, 0.717) is 32.4 Å². The van der Waals surface area contributed by atoms with Gasteiger partial charge in [0, 0.05) is 51.7 Å². The van der Waals surface area contributed by atoms with Gasteiger partial charge < -0.3 is 24.6 Å². The van der Waals surface area contributed by atoms with E-state index in [-0.39, 0.29) is 36.9 Å². The Balaban J connectivity index is 1.53. The van der Waals surface area contributed by atoms with Crippen molar-refractivity contribution in [3.63, 3.8) is 0 Å². The number of carbonyl (C=O) groups is 2. The second-order valence-corrected chi connectivity index (χ2v) is 8.14. The van der Waals surface area contributed by atoms with Gasteiger partial charge in [-0.05, 0) is 25.8 Å². The number of likely N-dealkylation sites (tertiary alicyclic amines) is 1. The lowest BCUT2D eigenvalue weighted by Crippen LogP contribution is -2.64. The summed E-state index contributed by atoms with van der Waals surface area (Å²) in [6, 6.07) is 4.35. The molecule has 0 radical (unpaired) electrons. The first-order valence-electron chi connectivity index (χ1n) is 9.77. The number of rotatable bonds is 4. The zero-order valence-corrected chi connectivity index (χ0v) is 16.5. The average molecular weight is 391 g/mol. The lowest BCUT2D eigenvalue weighted by atomic mass is 9.75. The number of hydrogen-bond donors (Lipinski definition) is 2. The average Bonchev–Trinajstić information content (AvgIpc) is 2.63. The monoisotopic (exact) mass is 391 g/mol. The third-order valence-electron chi connectivity index (χ3n) is 5.92. The van der Waals surface area contributed by atoms with Gasteiger partial charge in [-0.15, -0.1) is 0 Å². The lowest BCUT2D eigenvalue weighted by molar-refractivity contribution is -0.190. The maximum atomic E-state index is 12.3. The van der Waals surface area contributed by atoms with Gasteiger partial charge in [0.15, 0.2) is 0 Å². The Bertz CT molecular complexity index is 780. The molecule has 2 aliphatic heterocycles. The van der Waals surface area contributed by atoms with E-state index in [0.717, 1.165) is 0 Å². The summed E-state index contributed by atoms with van der Waals surface area (Å²) in [5.74, 6) is -0.174. The molecule has 2 N–H and O–H groups in total. The SMILES string of the molecule is CC(=O)N1CCC2(CC1)C[C@](C)(O)[C@@H](NC(=O)CCn1ccccc1=O)CO2. The number of nitrogens with one attached hydrogen (secondary N) is 1. The van der Waals surface area contributed by atoms with Crippen LogP contribution in [0.2, 0.25) is 0 Å². The minimum absolute atomic E-state index is 0.0556. The number of pyridine rings is 1. The normalized spacial score (nSPS) is 26.8. The Labute approximate surface area is 164 Å². The summed E-state index contributed by atoms with van der Waals surface area (Å²) in [5, 5.41) is 13.8. The molecule has 154 valence electrons. The number of ether oxygens (including phenoxy) is 1. The molecular formula is C20H29N3O5. The van der Waals surface area contributed by atoms with E-state index in [1.54, 1.807) is 37.1 Å². The molecule has 0 bridgehead atoms. The zero-order chi connectivity index (χ0) is 20.4. The largest absolute Gasteiger partial charge is 0.388 e. The number of hydrogen-bond acceptors (Lipinski definition) is 5. The van der Waals surface area contributed by atoms with Crippen molar-refractivity contribution < 1.29 is 19.4 Å². The summed E-state index contributed by atoms with van der Waals surface area (Å²) in [7, 11) is 0. The predicted octanol–water partition coefficient (Wildman–Crippen LogP) is 0.276. The number of aliphatic hydroxyl groups is 1. The van der Waals surface area contributed by atoms with Gasteiger partial charge in [-0.3, -0.25) is 14.4 Å². The molecule has 2 saturated heterocycles. The third-order valence-corrected chi connectivity index (χ3v) is 5.92. The summed E-state index contributed by atoms with van der Waals surface area (Å²) in [4.78, 5) is 37.4. The van der Waals surface area contributed by atoms with Crippen LogP contribution in [0.3, 0.4) is 0 Å². The van der Waals surface area contributed by atoms with Crippen molar-refractivity contribution >= 4 is 11.8 Å². The van der Waals surface area contributed by atoms with Gasteiger partial charge in [-0.25, -0.2) is 0 Å². The van der Waals surface area contributed by atoms with Crippen molar-refractivity contribution in [3.8, 4) is 0 Å². The van der Waals surface area contributed by atoms with E-state index < -0.39 is 17.2 Å². The fraction of sp³-hybridized carbons (Fsp3) is 0.650. The molecule has 3 rings (SSSR count). The van der Waals surface area contributed by atoms with E-state index in [4.69, 9.17) is 4.74 Å². The number of aromatic nitrogens is 1. The second-order valence-electron chi connectivity index (χ2n) is 8.14. The highest BCUT2D eigenvalue weighted by molar-refractivity contribution is 5.76. The Morgan fingerprint density at radius 1 is 1.32 bits per heavy atom. The molecule has 28 heavy (non-hydrogen) atoms. The highest BCUT2D eigenvalue weighted by atomic mass is 16.5. The summed E-state index contributed by atoms with van der Waals surface area (Å²) >= 11 is 0. The molecular weight excluding hydrogens is 362 g/mol. The molecule has 2 atom stereocenters. The molecule has 2 aliphatic rings. The number of aryl methyl sites for hydroxylation is 1. The van der Waals surface area contributed by atoms with Gasteiger partial charge >= 0.3 is 0 Å². The van der Waals surface area contributed by atoms with Crippen LogP contribution in [0.4, 0.5) is 0 Å². The standard InChI is InChI=1S/C20H29N3O5/c1-15(24)22-11-7-20(8-12-22)14-19(2,27)16(13-28-20)21-17(25)6-10-23-9-4-3-5-18(23)26/h3-5,9,16,27H,6-8,10-14H2,1-2H3,(H,21,25)/t16-,19-/m0/s1. The fourth-order valence-electron chi connectivity index (χ4n) is 4.15. The first-order chi connectivity index (χ1) is 13.2. The topological polar surface area (TPSA) is 101 Å². The van der Waals surface area contributed by atoms with Gasteiger partial charge in [-0.1, -0.05) is 6.07 Å². The van der Waals surface area contributed by atoms with Crippen LogP contribution in [0.5, 0.6) is 0 Å². The molecule has 2 fully saturated rings. The number of amides is 2. The summed E-state index contributed by atoms with van der Waals surface area (Å²) in [6.07, 6.45) is 3.57. The molecule has 1 aromatic rings. The maximum Gasteiger partial charge on any atom is 0.250 e. The smallest absolute Gasteiger partial charge is 0.250 e. The van der Waals surface area contributed by atoms with Gasteiger partial charge in [-0.2, -0.15) is 0 Å². The van der Waals surface area contributed by atoms with Crippen molar-refractivity contribution in [2.75, 3.05) is 19.7 Å². The second kappa shape index (κ2) is 8.05. The van der Waals surface area contributed by atoms with Crippen LogP contribution in [0.15, 0.2) is 29.2 Å². The quantitative estimate of drug-likeness (QED) is 0.768. The van der Waals surface area contributed by atoms with E-state index >= 15 is 0 Å². The summed E-state index contributed by atoms with van der Waals surface area (Å²) in [5.41, 5.74) is -1.70. The van der Waals surface area contributed by atoms with Gasteiger partial charge in [0.2, 0.25) is 11.8 Å². The summed E-state index contributed by atoms with van der Waals surface area (Å²) < 4.78 is 7.58. The van der Waals surface area contributed by atoms with Crippen molar-refractivity contribution in [2.45, 2.75) is 63.3 Å². The molecule has 1 spiro atoms. The number of nitrogens with zero attached hydrogens (tertiary/aromatic N) is 2. The Kier molecular flexibility index (Phi) is 5.90. The van der Waals surface area contributed by atoms with Gasteiger partial charge in [0.05, 0.1) is 23.9 Å². The minimum atomic E-state index is -1.10. The first-order valence-corrected chi connectivity index (χ1v) is 9.77. The van der Waals surface area contributed by atoms with Gasteiger partial charge in [0.1, 0.15) is 0 Å². The van der Waals surface area contributed by atoms with Gasteiger partial charge in [0.25, 0.3) is 5.56 Å². The molecule has 0 unspecified atom stereocenters. The molecule has 0 aromatic carbocycles. The lowest BCUT2D eigenvalue weighted by Gasteiger charge is -2.51.